The largest absolute Gasteiger partial charge is 0.464 e. The van der Waals surface area contributed by atoms with Gasteiger partial charge in [0.15, 0.2) is 0 Å². The third kappa shape index (κ3) is 4.33. The summed E-state index contributed by atoms with van der Waals surface area (Å²) in [4.78, 5) is 0. The predicted molar refractivity (Wildman–Crippen MR) is 119 cm³/mol. The summed E-state index contributed by atoms with van der Waals surface area (Å²) in [6, 6.07) is 8.11. The first-order valence-corrected chi connectivity index (χ1v) is 12.4. The first-order chi connectivity index (χ1) is 12.6. The zero-order chi connectivity index (χ0) is 19.8. The molecule has 4 heteroatoms. The van der Waals surface area contributed by atoms with Crippen LogP contribution in [0.3, 0.4) is 0 Å². The molecule has 145 valence electrons. The summed E-state index contributed by atoms with van der Waals surface area (Å²) < 4.78 is 11.7. The topological polar surface area (TPSA) is 26.3 Å². The van der Waals surface area contributed by atoms with Gasteiger partial charge in [-0.2, -0.15) is 0 Å². The first-order valence-electron chi connectivity index (χ1n) is 9.56. The second-order valence-corrected chi connectivity index (χ2v) is 15.4. The molecule has 0 N–H and O–H groups in total. The molecule has 0 bridgehead atoms. The summed E-state index contributed by atoms with van der Waals surface area (Å²) in [5.74, 6) is 0. The van der Waals surface area contributed by atoms with Crippen molar-refractivity contribution in [1.82, 2.24) is 0 Å². The Morgan fingerprint density at radius 3 is 1.85 bits per heavy atom. The smallest absolute Gasteiger partial charge is 0.134 e. The molecule has 3 rings (SSSR count). The Bertz CT molecular complexity index is 738. The normalized spacial score (nSPS) is 19.1. The minimum absolute atomic E-state index is 0.271. The van der Waals surface area contributed by atoms with Crippen molar-refractivity contribution in [1.29, 1.82) is 0 Å². The lowest BCUT2D eigenvalue weighted by atomic mass is 10.1. The van der Waals surface area contributed by atoms with E-state index in [1.54, 1.807) is 12.5 Å². The van der Waals surface area contributed by atoms with Crippen LogP contribution >= 0.6 is 15.8 Å². The maximum atomic E-state index is 5.85. The van der Waals surface area contributed by atoms with Crippen molar-refractivity contribution in [3.8, 4) is 0 Å². The molecule has 0 saturated carbocycles. The van der Waals surface area contributed by atoms with Gasteiger partial charge >= 0.3 is 0 Å². The molecule has 2 heterocycles. The second kappa shape index (κ2) is 7.73. The van der Waals surface area contributed by atoms with E-state index < -0.39 is 7.92 Å². The van der Waals surface area contributed by atoms with E-state index in [-0.39, 0.29) is 23.9 Å². The molecule has 2 aromatic rings. The number of hydrogen-bond donors (Lipinski definition) is 0. The van der Waals surface area contributed by atoms with E-state index in [2.05, 4.69) is 78.8 Å². The molecule has 1 aliphatic carbocycles. The molecule has 1 radical (unpaired) electrons. The number of furan rings is 2. The molecule has 0 aromatic carbocycles. The molecule has 2 aromatic heterocycles. The Labute approximate surface area is 166 Å². The van der Waals surface area contributed by atoms with Crippen LogP contribution in [0.4, 0.5) is 0 Å². The van der Waals surface area contributed by atoms with Gasteiger partial charge in [-0.25, -0.2) is 0 Å². The highest BCUT2D eigenvalue weighted by molar-refractivity contribution is 7.73. The fourth-order valence-corrected chi connectivity index (χ4v) is 11.9. The first kappa shape index (κ1) is 20.6. The van der Waals surface area contributed by atoms with Gasteiger partial charge in [-0.15, -0.1) is 0 Å². The van der Waals surface area contributed by atoms with Crippen molar-refractivity contribution in [2.75, 3.05) is 0 Å². The summed E-state index contributed by atoms with van der Waals surface area (Å²) in [7, 11) is -1.03. The van der Waals surface area contributed by atoms with Crippen LogP contribution in [0, 0.1) is 6.08 Å². The van der Waals surface area contributed by atoms with Crippen molar-refractivity contribution >= 4 is 26.8 Å². The molecule has 0 fully saturated rings. The molecule has 2 atom stereocenters. The summed E-state index contributed by atoms with van der Waals surface area (Å²) in [6.07, 6.45) is 11.5. The van der Waals surface area contributed by atoms with E-state index in [1.807, 2.05) is 12.1 Å². The molecule has 1 aliphatic rings. The monoisotopic (exact) mass is 401 g/mol. The SMILES string of the molecule is C[C@H](C1=[C]C=CC1P(c1ccco1)c1ccco1)P(C(C)(C)C)C(C)(C)C. The Hall–Kier alpha value is -1.10. The fraction of sp³-hybridized carbons (Fsp3) is 0.478. The second-order valence-electron chi connectivity index (χ2n) is 9.06. The van der Waals surface area contributed by atoms with Gasteiger partial charge in [0.25, 0.3) is 0 Å². The molecular formula is C23H31O2P2. The van der Waals surface area contributed by atoms with Gasteiger partial charge in [-0.3, -0.25) is 0 Å². The van der Waals surface area contributed by atoms with E-state index >= 15 is 0 Å². The van der Waals surface area contributed by atoms with Gasteiger partial charge in [0, 0.05) is 19.2 Å². The summed E-state index contributed by atoms with van der Waals surface area (Å²) in [5.41, 5.74) is 4.19. The van der Waals surface area contributed by atoms with Gasteiger partial charge in [-0.05, 0) is 46.2 Å². The van der Waals surface area contributed by atoms with Crippen molar-refractivity contribution in [3.63, 3.8) is 0 Å². The summed E-state index contributed by atoms with van der Waals surface area (Å²) >= 11 is 0. The van der Waals surface area contributed by atoms with E-state index in [9.17, 15) is 0 Å². The van der Waals surface area contributed by atoms with Crippen LogP contribution in [-0.2, 0) is 0 Å². The average Bonchev–Trinajstić information content (AvgIpc) is 3.28. The Morgan fingerprint density at radius 1 is 0.926 bits per heavy atom. The van der Waals surface area contributed by atoms with Crippen molar-refractivity contribution in [2.24, 2.45) is 0 Å². The zero-order valence-corrected chi connectivity index (χ0v) is 19.3. The van der Waals surface area contributed by atoms with Crippen LogP contribution in [0.25, 0.3) is 0 Å². The maximum Gasteiger partial charge on any atom is 0.134 e. The van der Waals surface area contributed by atoms with Gasteiger partial charge < -0.3 is 8.83 Å². The lowest BCUT2D eigenvalue weighted by molar-refractivity contribution is 0.592. The molecular weight excluding hydrogens is 370 g/mol. The van der Waals surface area contributed by atoms with Gasteiger partial charge in [0.2, 0.25) is 0 Å². The molecule has 27 heavy (non-hydrogen) atoms. The molecule has 0 spiro atoms. The van der Waals surface area contributed by atoms with E-state index in [1.165, 1.54) is 5.57 Å². The third-order valence-electron chi connectivity index (χ3n) is 4.90. The quantitative estimate of drug-likeness (QED) is 0.539. The van der Waals surface area contributed by atoms with Crippen molar-refractivity contribution < 1.29 is 8.83 Å². The highest BCUT2D eigenvalue weighted by Crippen LogP contribution is 2.65. The summed E-state index contributed by atoms with van der Waals surface area (Å²) in [5, 5.41) is 0.542. The number of hydrogen-bond acceptors (Lipinski definition) is 2. The Morgan fingerprint density at radius 2 is 1.44 bits per heavy atom. The number of allylic oxidation sites excluding steroid dienone is 4. The summed E-state index contributed by atoms with van der Waals surface area (Å²) in [6.45, 7) is 16.7. The molecule has 0 aliphatic heterocycles. The fourth-order valence-electron chi connectivity index (χ4n) is 4.52. The van der Waals surface area contributed by atoms with E-state index in [0.717, 1.165) is 11.0 Å². The molecule has 0 saturated heterocycles. The zero-order valence-electron chi connectivity index (χ0n) is 17.5. The predicted octanol–water partition coefficient (Wildman–Crippen LogP) is 6.44. The standard InChI is InChI=1S/C23H31O2P2/c1-17(27(22(2,3)4)23(5,6)7)18-11-8-12-19(18)26(20-13-9-15-24-20)21-14-10-16-25-21/h8-10,12-17,19H,1-7H3/t17-,19?/m1/s1. The lowest BCUT2D eigenvalue weighted by Crippen LogP contribution is -2.33. The molecule has 2 nitrogen and oxygen atoms in total. The average molecular weight is 401 g/mol. The van der Waals surface area contributed by atoms with Crippen LogP contribution in [-0.4, -0.2) is 21.6 Å². The van der Waals surface area contributed by atoms with Gasteiger partial charge in [0.1, 0.15) is 11.0 Å². The molecule has 1 unspecified atom stereocenters. The minimum atomic E-state index is -0.755. The third-order valence-corrected chi connectivity index (χ3v) is 11.3. The number of rotatable bonds is 5. The van der Waals surface area contributed by atoms with Crippen LogP contribution in [0.5, 0.6) is 0 Å². The van der Waals surface area contributed by atoms with Crippen molar-refractivity contribution in [2.45, 2.75) is 70.1 Å². The minimum Gasteiger partial charge on any atom is -0.464 e. The van der Waals surface area contributed by atoms with E-state index in [4.69, 9.17) is 8.83 Å². The van der Waals surface area contributed by atoms with Crippen LogP contribution in [0.2, 0.25) is 0 Å². The highest BCUT2D eigenvalue weighted by Gasteiger charge is 2.43. The Kier molecular flexibility index (Phi) is 5.90. The van der Waals surface area contributed by atoms with Gasteiger partial charge in [-0.1, -0.05) is 68.5 Å². The maximum absolute atomic E-state index is 5.85. The molecule has 0 amide bonds. The van der Waals surface area contributed by atoms with Crippen LogP contribution < -0.4 is 11.0 Å². The Balaban J connectivity index is 1.99. The lowest BCUT2D eigenvalue weighted by Gasteiger charge is -2.47. The van der Waals surface area contributed by atoms with Gasteiger partial charge in [0.05, 0.1) is 12.5 Å². The highest BCUT2D eigenvalue weighted by atomic mass is 31.1. The van der Waals surface area contributed by atoms with Crippen LogP contribution in [0.1, 0.15) is 48.5 Å². The van der Waals surface area contributed by atoms with Crippen LogP contribution in [0.15, 0.2) is 63.4 Å². The van der Waals surface area contributed by atoms with Crippen molar-refractivity contribution in [3.05, 3.63) is 60.6 Å². The van der Waals surface area contributed by atoms with E-state index in [0.29, 0.717) is 5.66 Å².